The van der Waals surface area contributed by atoms with Crippen molar-refractivity contribution in [2.24, 2.45) is 5.92 Å². The van der Waals surface area contributed by atoms with E-state index < -0.39 is 0 Å². The van der Waals surface area contributed by atoms with Gasteiger partial charge in [-0.15, -0.1) is 0 Å². The molecule has 0 spiro atoms. The molecule has 1 saturated carbocycles. The average Bonchev–Trinajstić information content (AvgIpc) is 3.46. The zero-order chi connectivity index (χ0) is 22.8. The van der Waals surface area contributed by atoms with E-state index in [0.717, 1.165) is 36.9 Å². The fourth-order valence-electron chi connectivity index (χ4n) is 5.70. The average molecular weight is 453 g/mol. The minimum absolute atomic E-state index is 0.0995. The van der Waals surface area contributed by atoms with E-state index in [1.807, 2.05) is 4.90 Å². The van der Waals surface area contributed by atoms with Gasteiger partial charge in [0.15, 0.2) is 5.69 Å². The van der Waals surface area contributed by atoms with Crippen molar-refractivity contribution in [3.05, 3.63) is 47.0 Å². The molecule has 2 heterocycles. The zero-order valence-electron chi connectivity index (χ0n) is 19.3. The van der Waals surface area contributed by atoms with E-state index in [0.29, 0.717) is 49.9 Å². The van der Waals surface area contributed by atoms with E-state index in [1.165, 1.54) is 38.2 Å². The van der Waals surface area contributed by atoms with Crippen LogP contribution in [-0.4, -0.2) is 57.6 Å². The minimum Gasteiger partial charge on any atom is -0.339 e. The van der Waals surface area contributed by atoms with Gasteiger partial charge in [-0.1, -0.05) is 44.2 Å². The molecule has 1 saturated heterocycles. The molecule has 2 amide bonds. The summed E-state index contributed by atoms with van der Waals surface area (Å²) in [6, 6.07) is 6.56. The van der Waals surface area contributed by atoms with Gasteiger partial charge in [0.2, 0.25) is 5.91 Å². The first-order valence-corrected chi connectivity index (χ1v) is 12.5. The third-order valence-electron chi connectivity index (χ3n) is 7.62. The van der Waals surface area contributed by atoms with Crippen molar-refractivity contribution < 1.29 is 14.0 Å². The number of piperazine rings is 1. The van der Waals surface area contributed by atoms with Crippen LogP contribution in [0, 0.1) is 11.7 Å². The maximum absolute atomic E-state index is 14.4. The van der Waals surface area contributed by atoms with Crippen molar-refractivity contribution in [1.82, 2.24) is 19.6 Å². The van der Waals surface area contributed by atoms with Gasteiger partial charge >= 0.3 is 0 Å². The van der Waals surface area contributed by atoms with Crippen LogP contribution >= 0.6 is 0 Å². The van der Waals surface area contributed by atoms with Crippen LogP contribution in [0.3, 0.4) is 0 Å². The standard InChI is InChI=1S/C26H33FN4O2/c27-21-10-4-5-11-23(21)31-22-12-6-9-20(22)25(28-31)26(33)30-17-15-29(16-18-30)24(32)14-13-19-7-2-1-3-8-19/h4-5,10-11,19H,1-3,6-9,12-18H2. The van der Waals surface area contributed by atoms with E-state index in [2.05, 4.69) is 5.10 Å². The number of hydrogen-bond acceptors (Lipinski definition) is 3. The van der Waals surface area contributed by atoms with Gasteiger partial charge in [0.05, 0.1) is 0 Å². The summed E-state index contributed by atoms with van der Waals surface area (Å²) < 4.78 is 16.0. The maximum Gasteiger partial charge on any atom is 0.274 e. The summed E-state index contributed by atoms with van der Waals surface area (Å²) in [5.74, 6) is 0.487. The first-order chi connectivity index (χ1) is 16.1. The van der Waals surface area contributed by atoms with Crippen molar-refractivity contribution in [2.75, 3.05) is 26.2 Å². The van der Waals surface area contributed by atoms with Gasteiger partial charge in [-0.05, 0) is 43.7 Å². The van der Waals surface area contributed by atoms with E-state index in [4.69, 9.17) is 0 Å². The van der Waals surface area contributed by atoms with E-state index in [-0.39, 0.29) is 17.6 Å². The number of carbonyl (C=O) groups is 2. The van der Waals surface area contributed by atoms with Crippen molar-refractivity contribution in [3.63, 3.8) is 0 Å². The number of benzene rings is 1. The first kappa shape index (κ1) is 22.1. The monoisotopic (exact) mass is 452 g/mol. The van der Waals surface area contributed by atoms with Crippen LogP contribution in [0.15, 0.2) is 24.3 Å². The number of carbonyl (C=O) groups excluding carboxylic acids is 2. The quantitative estimate of drug-likeness (QED) is 0.685. The Morgan fingerprint density at radius 3 is 2.42 bits per heavy atom. The Morgan fingerprint density at radius 1 is 0.939 bits per heavy atom. The summed E-state index contributed by atoms with van der Waals surface area (Å²) in [5.41, 5.74) is 2.74. The molecular weight excluding hydrogens is 419 g/mol. The largest absolute Gasteiger partial charge is 0.339 e. The number of aromatic nitrogens is 2. The minimum atomic E-state index is -0.339. The Kier molecular flexibility index (Phi) is 6.47. The van der Waals surface area contributed by atoms with Crippen LogP contribution in [0.4, 0.5) is 4.39 Å². The number of amides is 2. The molecule has 7 heteroatoms. The van der Waals surface area contributed by atoms with Crippen molar-refractivity contribution in [1.29, 1.82) is 0 Å². The molecule has 0 bridgehead atoms. The zero-order valence-corrected chi connectivity index (χ0v) is 19.3. The highest BCUT2D eigenvalue weighted by Gasteiger charge is 2.32. The van der Waals surface area contributed by atoms with Crippen LogP contribution < -0.4 is 0 Å². The van der Waals surface area contributed by atoms with Crippen LogP contribution in [-0.2, 0) is 17.6 Å². The lowest BCUT2D eigenvalue weighted by molar-refractivity contribution is -0.133. The summed E-state index contributed by atoms with van der Waals surface area (Å²) in [4.78, 5) is 29.8. The predicted molar refractivity (Wildman–Crippen MR) is 124 cm³/mol. The summed E-state index contributed by atoms with van der Waals surface area (Å²) in [5, 5.41) is 4.58. The van der Waals surface area contributed by atoms with E-state index >= 15 is 0 Å². The van der Waals surface area contributed by atoms with Gasteiger partial charge in [-0.2, -0.15) is 5.10 Å². The van der Waals surface area contributed by atoms with Gasteiger partial charge in [-0.3, -0.25) is 9.59 Å². The number of para-hydroxylation sites is 1. The van der Waals surface area contributed by atoms with Gasteiger partial charge in [0.1, 0.15) is 11.5 Å². The summed E-state index contributed by atoms with van der Waals surface area (Å²) in [6.07, 6.45) is 10.6. The molecule has 5 rings (SSSR count). The third kappa shape index (κ3) is 4.55. The molecule has 2 fully saturated rings. The van der Waals surface area contributed by atoms with Crippen molar-refractivity contribution in [2.45, 2.75) is 64.2 Å². The molecule has 1 aliphatic heterocycles. The van der Waals surface area contributed by atoms with E-state index in [1.54, 1.807) is 27.8 Å². The third-order valence-corrected chi connectivity index (χ3v) is 7.62. The Morgan fingerprint density at radius 2 is 1.67 bits per heavy atom. The molecule has 1 aromatic carbocycles. The Hall–Kier alpha value is -2.70. The smallest absolute Gasteiger partial charge is 0.274 e. The van der Waals surface area contributed by atoms with Gasteiger partial charge in [-0.25, -0.2) is 9.07 Å². The second-order valence-electron chi connectivity index (χ2n) is 9.71. The maximum atomic E-state index is 14.4. The number of hydrogen-bond donors (Lipinski definition) is 0. The molecule has 0 N–H and O–H groups in total. The number of fused-ring (bicyclic) bond motifs is 1. The van der Waals surface area contributed by atoms with Crippen molar-refractivity contribution in [3.8, 4) is 5.69 Å². The first-order valence-electron chi connectivity index (χ1n) is 12.5. The molecule has 2 aromatic rings. The lowest BCUT2D eigenvalue weighted by Gasteiger charge is -2.35. The van der Waals surface area contributed by atoms with Crippen LogP contribution in [0.25, 0.3) is 5.69 Å². The topological polar surface area (TPSA) is 58.4 Å². The lowest BCUT2D eigenvalue weighted by Crippen LogP contribution is -2.50. The highest BCUT2D eigenvalue weighted by molar-refractivity contribution is 5.94. The number of rotatable bonds is 5. The van der Waals surface area contributed by atoms with Crippen LogP contribution in [0.5, 0.6) is 0 Å². The van der Waals surface area contributed by atoms with Gasteiger partial charge in [0.25, 0.3) is 5.91 Å². The second-order valence-corrected chi connectivity index (χ2v) is 9.71. The number of nitrogens with zero attached hydrogens (tertiary/aromatic N) is 4. The SMILES string of the molecule is O=C(CCC1CCCCC1)N1CCN(C(=O)c2nn(-c3ccccc3F)c3c2CCC3)CC1. The molecule has 2 aliphatic carbocycles. The van der Waals surface area contributed by atoms with Crippen LogP contribution in [0.2, 0.25) is 0 Å². The molecule has 176 valence electrons. The van der Waals surface area contributed by atoms with Crippen LogP contribution in [0.1, 0.15) is 73.1 Å². The molecule has 0 radical (unpaired) electrons. The Balaban J connectivity index is 1.22. The van der Waals surface area contributed by atoms with Crippen molar-refractivity contribution >= 4 is 11.8 Å². The molecule has 0 atom stereocenters. The summed E-state index contributed by atoms with van der Waals surface area (Å²) in [7, 11) is 0. The highest BCUT2D eigenvalue weighted by Crippen LogP contribution is 2.30. The molecule has 0 unspecified atom stereocenters. The van der Waals surface area contributed by atoms with Gasteiger partial charge < -0.3 is 9.80 Å². The Labute approximate surface area is 194 Å². The molecular formula is C26H33FN4O2. The fourth-order valence-corrected chi connectivity index (χ4v) is 5.70. The molecule has 6 nitrogen and oxygen atoms in total. The highest BCUT2D eigenvalue weighted by atomic mass is 19.1. The van der Waals surface area contributed by atoms with Gasteiger partial charge in [0, 0.05) is 43.9 Å². The summed E-state index contributed by atoms with van der Waals surface area (Å²) in [6.45, 7) is 2.20. The predicted octanol–water partition coefficient (Wildman–Crippen LogP) is 4.15. The Bertz CT molecular complexity index is 1020. The number of halogens is 1. The normalized spacial score (nSPS) is 19.1. The second kappa shape index (κ2) is 9.65. The van der Waals surface area contributed by atoms with E-state index in [9.17, 15) is 14.0 Å². The molecule has 33 heavy (non-hydrogen) atoms. The lowest BCUT2D eigenvalue weighted by atomic mass is 9.86. The molecule has 1 aromatic heterocycles. The summed E-state index contributed by atoms with van der Waals surface area (Å²) >= 11 is 0. The molecule has 3 aliphatic rings. The fraction of sp³-hybridized carbons (Fsp3) is 0.577.